The number of halogens is 1. The van der Waals surface area contributed by atoms with E-state index in [1.807, 2.05) is 4.90 Å². The highest BCUT2D eigenvalue weighted by molar-refractivity contribution is 6.33. The number of hydrogen-bond donors (Lipinski definition) is 2. The fourth-order valence-electron chi connectivity index (χ4n) is 5.29. The van der Waals surface area contributed by atoms with E-state index in [2.05, 4.69) is 10.2 Å². The number of carbonyl (C=O) groups is 2. The van der Waals surface area contributed by atoms with Crippen LogP contribution in [-0.2, 0) is 14.3 Å². The Kier molecular flexibility index (Phi) is 9.70. The predicted octanol–water partition coefficient (Wildman–Crippen LogP) is 2.56. The number of methoxy groups -OCH3 is 1. The van der Waals surface area contributed by atoms with Crippen molar-refractivity contribution in [1.29, 1.82) is 0 Å². The third kappa shape index (κ3) is 7.25. The number of piperidine rings is 2. The summed E-state index contributed by atoms with van der Waals surface area (Å²) in [6.45, 7) is 6.18. The van der Waals surface area contributed by atoms with Crippen LogP contribution >= 0.6 is 11.6 Å². The molecule has 0 unspecified atom stereocenters. The van der Waals surface area contributed by atoms with Gasteiger partial charge in [0.1, 0.15) is 12.4 Å². The van der Waals surface area contributed by atoms with E-state index in [0.717, 1.165) is 84.5 Å². The Bertz CT molecular complexity index is 895. The lowest BCUT2D eigenvalue weighted by Gasteiger charge is -2.38. The molecule has 3 aliphatic heterocycles. The van der Waals surface area contributed by atoms with Gasteiger partial charge in [0.2, 0.25) is 5.91 Å². The van der Waals surface area contributed by atoms with Crippen LogP contribution in [-0.4, -0.2) is 93.4 Å². The SMILES string of the molecule is COc1cc(N)c(Cl)cc1C(=O)NC1CCN(CC2CCN(C(=O)COC3CCOCC3)CC2)CC1. The van der Waals surface area contributed by atoms with E-state index in [-0.39, 0.29) is 30.6 Å². The third-order valence-corrected chi connectivity index (χ3v) is 7.91. The number of nitrogens with zero attached hydrogens (tertiary/aromatic N) is 2. The van der Waals surface area contributed by atoms with Crippen LogP contribution in [0.5, 0.6) is 5.75 Å². The van der Waals surface area contributed by atoms with Crippen molar-refractivity contribution in [3.05, 3.63) is 22.7 Å². The number of nitrogens with one attached hydrogen (secondary N) is 1. The minimum Gasteiger partial charge on any atom is -0.496 e. The molecule has 3 aliphatic rings. The number of hydrogen-bond acceptors (Lipinski definition) is 7. The van der Waals surface area contributed by atoms with Crippen molar-refractivity contribution in [3.63, 3.8) is 0 Å². The monoisotopic (exact) mass is 522 g/mol. The number of likely N-dealkylation sites (tertiary alicyclic amines) is 2. The summed E-state index contributed by atoms with van der Waals surface area (Å²) < 4.78 is 16.5. The molecule has 3 saturated heterocycles. The molecule has 3 N–H and O–H groups in total. The lowest BCUT2D eigenvalue weighted by Crippen LogP contribution is -2.47. The second kappa shape index (κ2) is 12.9. The van der Waals surface area contributed by atoms with Gasteiger partial charge in [-0.25, -0.2) is 0 Å². The standard InChI is InChI=1S/C26H39ClN4O5/c1-34-24-15-23(28)22(27)14-21(24)26(33)29-19-4-8-30(9-5-19)16-18-2-10-31(11-3-18)25(32)17-36-20-6-12-35-13-7-20/h14-15,18-20H,2-13,16-17,28H2,1H3,(H,29,33). The van der Waals surface area contributed by atoms with Gasteiger partial charge in [-0.1, -0.05) is 11.6 Å². The van der Waals surface area contributed by atoms with E-state index < -0.39 is 0 Å². The molecule has 0 aromatic heterocycles. The zero-order valence-electron chi connectivity index (χ0n) is 21.2. The first kappa shape index (κ1) is 27.0. The minimum absolute atomic E-state index is 0.107. The normalized spacial score (nSPS) is 20.9. The molecule has 2 amide bonds. The van der Waals surface area contributed by atoms with Crippen molar-refractivity contribution in [2.24, 2.45) is 5.92 Å². The molecule has 200 valence electrons. The molecule has 0 atom stereocenters. The molecule has 9 nitrogen and oxygen atoms in total. The first-order valence-electron chi connectivity index (χ1n) is 13.1. The molecule has 0 radical (unpaired) electrons. The van der Waals surface area contributed by atoms with Crippen LogP contribution in [0.25, 0.3) is 0 Å². The number of rotatable bonds is 8. The highest BCUT2D eigenvalue weighted by atomic mass is 35.5. The van der Waals surface area contributed by atoms with E-state index in [4.69, 9.17) is 31.5 Å². The molecule has 4 rings (SSSR count). The van der Waals surface area contributed by atoms with Crippen molar-refractivity contribution < 1.29 is 23.8 Å². The molecule has 1 aromatic rings. The van der Waals surface area contributed by atoms with E-state index >= 15 is 0 Å². The molecule has 0 bridgehead atoms. The van der Waals surface area contributed by atoms with Crippen LogP contribution in [0.2, 0.25) is 5.02 Å². The number of nitrogen functional groups attached to an aromatic ring is 1. The number of anilines is 1. The minimum atomic E-state index is -0.190. The Morgan fingerprint density at radius 2 is 1.78 bits per heavy atom. The lowest BCUT2D eigenvalue weighted by atomic mass is 9.94. The van der Waals surface area contributed by atoms with Gasteiger partial charge in [-0.15, -0.1) is 0 Å². The second-order valence-corrected chi connectivity index (χ2v) is 10.5. The van der Waals surface area contributed by atoms with Gasteiger partial charge in [-0.2, -0.15) is 0 Å². The molecular formula is C26H39ClN4O5. The number of nitrogens with two attached hydrogens (primary N) is 1. The fourth-order valence-corrected chi connectivity index (χ4v) is 5.46. The molecule has 3 heterocycles. The Hall–Kier alpha value is -2.07. The van der Waals surface area contributed by atoms with Crippen molar-refractivity contribution in [1.82, 2.24) is 15.1 Å². The molecule has 0 saturated carbocycles. The summed E-state index contributed by atoms with van der Waals surface area (Å²) in [5, 5.41) is 3.47. The largest absolute Gasteiger partial charge is 0.496 e. The Balaban J connectivity index is 1.14. The van der Waals surface area contributed by atoms with E-state index in [0.29, 0.717) is 27.9 Å². The summed E-state index contributed by atoms with van der Waals surface area (Å²) in [6, 6.07) is 3.26. The molecule has 1 aromatic carbocycles. The van der Waals surface area contributed by atoms with Crippen LogP contribution in [0.3, 0.4) is 0 Å². The molecule has 0 aliphatic carbocycles. The third-order valence-electron chi connectivity index (χ3n) is 7.58. The fraction of sp³-hybridized carbons (Fsp3) is 0.692. The van der Waals surface area contributed by atoms with Crippen molar-refractivity contribution in [2.75, 3.05) is 65.4 Å². The average molecular weight is 523 g/mol. The zero-order chi connectivity index (χ0) is 25.5. The summed E-state index contributed by atoms with van der Waals surface area (Å²) in [7, 11) is 1.51. The maximum absolute atomic E-state index is 12.8. The zero-order valence-corrected chi connectivity index (χ0v) is 21.9. The average Bonchev–Trinajstić information content (AvgIpc) is 2.90. The molecular weight excluding hydrogens is 484 g/mol. The first-order chi connectivity index (χ1) is 17.4. The first-order valence-corrected chi connectivity index (χ1v) is 13.4. The summed E-state index contributed by atoms with van der Waals surface area (Å²) >= 11 is 6.12. The Morgan fingerprint density at radius 1 is 1.08 bits per heavy atom. The quantitative estimate of drug-likeness (QED) is 0.505. The maximum atomic E-state index is 12.8. The number of carbonyl (C=O) groups excluding carboxylic acids is 2. The highest BCUT2D eigenvalue weighted by Gasteiger charge is 2.28. The maximum Gasteiger partial charge on any atom is 0.255 e. The van der Waals surface area contributed by atoms with Crippen LogP contribution in [0.15, 0.2) is 12.1 Å². The van der Waals surface area contributed by atoms with Gasteiger partial charge in [0, 0.05) is 58.0 Å². The van der Waals surface area contributed by atoms with Crippen LogP contribution in [0.4, 0.5) is 5.69 Å². The predicted molar refractivity (Wildman–Crippen MR) is 138 cm³/mol. The number of benzene rings is 1. The van der Waals surface area contributed by atoms with Crippen LogP contribution in [0.1, 0.15) is 48.9 Å². The summed E-state index contributed by atoms with van der Waals surface area (Å²) in [5.74, 6) is 0.935. The summed E-state index contributed by atoms with van der Waals surface area (Å²) in [5.41, 5.74) is 6.62. The van der Waals surface area contributed by atoms with Gasteiger partial charge in [-0.05, 0) is 50.5 Å². The molecule has 10 heteroatoms. The van der Waals surface area contributed by atoms with Crippen molar-refractivity contribution >= 4 is 29.1 Å². The highest BCUT2D eigenvalue weighted by Crippen LogP contribution is 2.29. The second-order valence-electron chi connectivity index (χ2n) is 10.1. The van der Waals surface area contributed by atoms with Gasteiger partial charge in [0.05, 0.1) is 29.5 Å². The van der Waals surface area contributed by atoms with E-state index in [9.17, 15) is 9.59 Å². The Labute approximate surface area is 218 Å². The number of ether oxygens (including phenoxy) is 3. The van der Waals surface area contributed by atoms with Gasteiger partial charge in [-0.3, -0.25) is 9.59 Å². The molecule has 0 spiro atoms. The number of amides is 2. The Morgan fingerprint density at radius 3 is 2.44 bits per heavy atom. The van der Waals surface area contributed by atoms with E-state index in [1.165, 1.54) is 7.11 Å². The van der Waals surface area contributed by atoms with Crippen LogP contribution in [0, 0.1) is 5.92 Å². The summed E-state index contributed by atoms with van der Waals surface area (Å²) in [6.07, 6.45) is 5.75. The van der Waals surface area contributed by atoms with Gasteiger partial charge in [0.15, 0.2) is 0 Å². The van der Waals surface area contributed by atoms with E-state index in [1.54, 1.807) is 12.1 Å². The van der Waals surface area contributed by atoms with Gasteiger partial charge < -0.3 is 35.1 Å². The topological polar surface area (TPSA) is 106 Å². The van der Waals surface area contributed by atoms with Crippen LogP contribution < -0.4 is 15.8 Å². The van der Waals surface area contributed by atoms with Crippen molar-refractivity contribution in [3.8, 4) is 5.75 Å². The summed E-state index contributed by atoms with van der Waals surface area (Å²) in [4.78, 5) is 29.8. The van der Waals surface area contributed by atoms with Crippen molar-refractivity contribution in [2.45, 2.75) is 50.7 Å². The van der Waals surface area contributed by atoms with Gasteiger partial charge >= 0.3 is 0 Å². The molecule has 36 heavy (non-hydrogen) atoms. The smallest absolute Gasteiger partial charge is 0.255 e. The lowest BCUT2D eigenvalue weighted by molar-refractivity contribution is -0.141. The van der Waals surface area contributed by atoms with Gasteiger partial charge in [0.25, 0.3) is 5.91 Å². The molecule has 3 fully saturated rings.